The first-order valence-corrected chi connectivity index (χ1v) is 5.91. The Kier molecular flexibility index (Phi) is 3.94. The standard InChI is InChI=1S/C13H16N2O3/c1-18-11-5-3-2-4-10(11)12(16)13(17)15-8-6-14-7-9-15/h2-5,14H,6-9H2,1H3. The van der Waals surface area contributed by atoms with E-state index in [-0.39, 0.29) is 0 Å². The van der Waals surface area contributed by atoms with Crippen molar-refractivity contribution < 1.29 is 14.3 Å². The summed E-state index contributed by atoms with van der Waals surface area (Å²) in [6, 6.07) is 6.78. The van der Waals surface area contributed by atoms with Crippen LogP contribution in [0, 0.1) is 0 Å². The molecular weight excluding hydrogens is 232 g/mol. The molecule has 1 amide bonds. The smallest absolute Gasteiger partial charge is 0.295 e. The predicted octanol–water partition coefficient (Wildman–Crippen LogP) is 0.310. The Morgan fingerprint density at radius 3 is 2.56 bits per heavy atom. The Bertz CT molecular complexity index is 453. The van der Waals surface area contributed by atoms with Gasteiger partial charge in [-0.1, -0.05) is 12.1 Å². The van der Waals surface area contributed by atoms with E-state index < -0.39 is 11.7 Å². The molecule has 1 aliphatic heterocycles. The summed E-state index contributed by atoms with van der Waals surface area (Å²) in [5.74, 6) is -0.527. The number of Topliss-reactive ketones (excluding diaryl/α,β-unsaturated/α-hetero) is 1. The summed E-state index contributed by atoms with van der Waals surface area (Å²) in [5.41, 5.74) is 0.323. The van der Waals surface area contributed by atoms with Crippen molar-refractivity contribution in [2.24, 2.45) is 0 Å². The quantitative estimate of drug-likeness (QED) is 0.618. The van der Waals surface area contributed by atoms with Crippen molar-refractivity contribution in [1.29, 1.82) is 0 Å². The van der Waals surface area contributed by atoms with Gasteiger partial charge in [-0.2, -0.15) is 0 Å². The van der Waals surface area contributed by atoms with Crippen LogP contribution in [0.25, 0.3) is 0 Å². The highest BCUT2D eigenvalue weighted by Gasteiger charge is 2.26. The zero-order chi connectivity index (χ0) is 13.0. The molecule has 0 unspecified atom stereocenters. The molecule has 1 heterocycles. The third-order valence-electron chi connectivity index (χ3n) is 2.95. The highest BCUT2D eigenvalue weighted by atomic mass is 16.5. The summed E-state index contributed by atoms with van der Waals surface area (Å²) in [5, 5.41) is 3.14. The van der Waals surface area contributed by atoms with Crippen LogP contribution in [0.1, 0.15) is 10.4 Å². The molecule has 1 aromatic carbocycles. The SMILES string of the molecule is COc1ccccc1C(=O)C(=O)N1CCNCC1. The van der Waals surface area contributed by atoms with Crippen LogP contribution in [-0.2, 0) is 4.79 Å². The largest absolute Gasteiger partial charge is 0.496 e. The van der Waals surface area contributed by atoms with E-state index in [4.69, 9.17) is 4.74 Å². The van der Waals surface area contributed by atoms with E-state index in [2.05, 4.69) is 5.32 Å². The molecular formula is C13H16N2O3. The van der Waals surface area contributed by atoms with Crippen molar-refractivity contribution in [1.82, 2.24) is 10.2 Å². The number of piperazine rings is 1. The molecule has 5 nitrogen and oxygen atoms in total. The normalized spacial score (nSPS) is 15.3. The fourth-order valence-electron chi connectivity index (χ4n) is 1.96. The molecule has 1 fully saturated rings. The monoisotopic (exact) mass is 248 g/mol. The van der Waals surface area contributed by atoms with Crippen molar-refractivity contribution in [3.8, 4) is 5.75 Å². The van der Waals surface area contributed by atoms with Crippen LogP contribution in [0.2, 0.25) is 0 Å². The Morgan fingerprint density at radius 2 is 1.89 bits per heavy atom. The zero-order valence-corrected chi connectivity index (χ0v) is 10.3. The third kappa shape index (κ3) is 2.51. The van der Waals surface area contributed by atoms with Crippen molar-refractivity contribution in [3.63, 3.8) is 0 Å². The van der Waals surface area contributed by atoms with E-state index >= 15 is 0 Å². The van der Waals surface area contributed by atoms with Crippen LogP contribution < -0.4 is 10.1 Å². The first kappa shape index (κ1) is 12.6. The Hall–Kier alpha value is -1.88. The molecule has 0 aromatic heterocycles. The van der Waals surface area contributed by atoms with E-state index in [0.29, 0.717) is 24.4 Å². The number of para-hydroxylation sites is 1. The maximum absolute atomic E-state index is 12.1. The average molecular weight is 248 g/mol. The molecule has 0 atom stereocenters. The molecule has 1 saturated heterocycles. The van der Waals surface area contributed by atoms with Gasteiger partial charge < -0.3 is 15.0 Å². The summed E-state index contributed by atoms with van der Waals surface area (Å²) in [6.45, 7) is 2.59. The summed E-state index contributed by atoms with van der Waals surface area (Å²) in [7, 11) is 1.49. The Labute approximate surface area is 106 Å². The maximum atomic E-state index is 12.1. The number of methoxy groups -OCH3 is 1. The van der Waals surface area contributed by atoms with Gasteiger partial charge in [-0.15, -0.1) is 0 Å². The fraction of sp³-hybridized carbons (Fsp3) is 0.385. The average Bonchev–Trinajstić information content (AvgIpc) is 2.46. The predicted molar refractivity (Wildman–Crippen MR) is 66.8 cm³/mol. The maximum Gasteiger partial charge on any atom is 0.295 e. The van der Waals surface area contributed by atoms with Gasteiger partial charge in [0, 0.05) is 26.2 Å². The van der Waals surface area contributed by atoms with Crippen LogP contribution in [0.4, 0.5) is 0 Å². The zero-order valence-electron chi connectivity index (χ0n) is 10.3. The number of rotatable bonds is 3. The number of nitrogens with zero attached hydrogens (tertiary/aromatic N) is 1. The van der Waals surface area contributed by atoms with Crippen molar-refractivity contribution in [2.45, 2.75) is 0 Å². The van der Waals surface area contributed by atoms with Crippen LogP contribution in [0.3, 0.4) is 0 Å². The number of amides is 1. The molecule has 18 heavy (non-hydrogen) atoms. The number of carbonyl (C=O) groups is 2. The van der Waals surface area contributed by atoms with Gasteiger partial charge in [0.15, 0.2) is 0 Å². The molecule has 96 valence electrons. The number of carbonyl (C=O) groups excluding carboxylic acids is 2. The van der Waals surface area contributed by atoms with Gasteiger partial charge in [-0.25, -0.2) is 0 Å². The first-order valence-electron chi connectivity index (χ1n) is 5.91. The molecule has 1 N–H and O–H groups in total. The van der Waals surface area contributed by atoms with E-state index in [9.17, 15) is 9.59 Å². The van der Waals surface area contributed by atoms with E-state index in [1.165, 1.54) is 7.11 Å². The summed E-state index contributed by atoms with van der Waals surface area (Å²) in [4.78, 5) is 25.8. The van der Waals surface area contributed by atoms with Gasteiger partial charge in [0.1, 0.15) is 5.75 Å². The Balaban J connectivity index is 2.17. The summed E-state index contributed by atoms with van der Waals surface area (Å²) >= 11 is 0. The van der Waals surface area contributed by atoms with Crippen molar-refractivity contribution in [2.75, 3.05) is 33.3 Å². The summed E-state index contributed by atoms with van der Waals surface area (Å²) < 4.78 is 5.10. The number of benzene rings is 1. The van der Waals surface area contributed by atoms with Crippen molar-refractivity contribution in [3.05, 3.63) is 29.8 Å². The van der Waals surface area contributed by atoms with Gasteiger partial charge in [0.2, 0.25) is 0 Å². The van der Waals surface area contributed by atoms with Crippen molar-refractivity contribution >= 4 is 11.7 Å². The van der Waals surface area contributed by atoms with Gasteiger partial charge >= 0.3 is 0 Å². The number of ketones is 1. The Morgan fingerprint density at radius 1 is 1.22 bits per heavy atom. The molecule has 0 aliphatic carbocycles. The molecule has 0 saturated carbocycles. The lowest BCUT2D eigenvalue weighted by Crippen LogP contribution is -2.48. The number of hydrogen-bond donors (Lipinski definition) is 1. The van der Waals surface area contributed by atoms with Gasteiger partial charge in [0.05, 0.1) is 12.7 Å². The number of ether oxygens (including phenoxy) is 1. The van der Waals surface area contributed by atoms with Crippen LogP contribution in [-0.4, -0.2) is 49.9 Å². The van der Waals surface area contributed by atoms with Crippen LogP contribution >= 0.6 is 0 Å². The van der Waals surface area contributed by atoms with Gasteiger partial charge in [-0.05, 0) is 12.1 Å². The second kappa shape index (κ2) is 5.64. The van der Waals surface area contributed by atoms with Gasteiger partial charge in [0.25, 0.3) is 11.7 Å². The molecule has 1 aliphatic rings. The molecule has 0 bridgehead atoms. The molecule has 0 spiro atoms. The minimum absolute atomic E-state index is 0.323. The molecule has 0 radical (unpaired) electrons. The lowest BCUT2D eigenvalue weighted by atomic mass is 10.1. The second-order valence-corrected chi connectivity index (χ2v) is 4.07. The lowest BCUT2D eigenvalue weighted by Gasteiger charge is -2.26. The van der Waals surface area contributed by atoms with Crippen LogP contribution in [0.5, 0.6) is 5.75 Å². The minimum Gasteiger partial charge on any atom is -0.496 e. The second-order valence-electron chi connectivity index (χ2n) is 4.07. The molecule has 2 rings (SSSR count). The third-order valence-corrected chi connectivity index (χ3v) is 2.95. The molecule has 1 aromatic rings. The summed E-state index contributed by atoms with van der Waals surface area (Å²) in [6.07, 6.45) is 0. The fourth-order valence-corrected chi connectivity index (χ4v) is 1.96. The van der Waals surface area contributed by atoms with Gasteiger partial charge in [-0.3, -0.25) is 9.59 Å². The highest BCUT2D eigenvalue weighted by molar-refractivity contribution is 6.43. The van der Waals surface area contributed by atoms with E-state index in [0.717, 1.165) is 13.1 Å². The topological polar surface area (TPSA) is 58.6 Å². The minimum atomic E-state index is -0.505. The van der Waals surface area contributed by atoms with E-state index in [1.807, 2.05) is 0 Å². The van der Waals surface area contributed by atoms with E-state index in [1.54, 1.807) is 29.2 Å². The number of hydrogen-bond acceptors (Lipinski definition) is 4. The van der Waals surface area contributed by atoms with Crippen LogP contribution in [0.15, 0.2) is 24.3 Å². The highest BCUT2D eigenvalue weighted by Crippen LogP contribution is 2.18. The lowest BCUT2D eigenvalue weighted by molar-refractivity contribution is -0.127. The molecule has 5 heteroatoms. The number of nitrogens with one attached hydrogen (secondary N) is 1. The first-order chi connectivity index (χ1) is 8.74.